The molecule has 4 nitrogen and oxygen atoms in total. The van der Waals surface area contributed by atoms with Crippen LogP contribution in [0.5, 0.6) is 0 Å². The number of urea groups is 1. The molecule has 0 atom stereocenters. The number of amides is 2. The van der Waals surface area contributed by atoms with Crippen molar-refractivity contribution < 1.29 is 27.1 Å². The van der Waals surface area contributed by atoms with Gasteiger partial charge < -0.3 is 10.1 Å². The highest BCUT2D eigenvalue weighted by molar-refractivity contribution is 8.00. The summed E-state index contributed by atoms with van der Waals surface area (Å²) >= 11 is 12.0. The zero-order valence-corrected chi connectivity index (χ0v) is 18.0. The van der Waals surface area contributed by atoms with Gasteiger partial charge in [0, 0.05) is 10.6 Å². The van der Waals surface area contributed by atoms with Crippen molar-refractivity contribution in [1.82, 2.24) is 0 Å². The van der Waals surface area contributed by atoms with Crippen LogP contribution in [0.2, 0.25) is 10.0 Å². The average molecular weight is 483 g/mol. The molecule has 2 aromatic carbocycles. The van der Waals surface area contributed by atoms with E-state index in [9.17, 15) is 22.4 Å². The topological polar surface area (TPSA) is 50.7 Å². The molecule has 0 aliphatic carbocycles. The summed E-state index contributed by atoms with van der Waals surface area (Å²) in [6, 6.07) is 8.83. The minimum Gasteiger partial charge on any atom is -0.474 e. The van der Waals surface area contributed by atoms with Crippen LogP contribution in [-0.2, 0) is 4.74 Å². The van der Waals surface area contributed by atoms with Crippen molar-refractivity contribution in [1.29, 1.82) is 0 Å². The Hall–Kier alpha value is -1.97. The molecule has 0 aliphatic rings. The fourth-order valence-corrected chi connectivity index (χ4v) is 3.35. The van der Waals surface area contributed by atoms with E-state index in [1.807, 2.05) is 0 Å². The lowest BCUT2D eigenvalue weighted by atomic mass is 10.2. The lowest BCUT2D eigenvalue weighted by Gasteiger charge is -2.15. The maximum Gasteiger partial charge on any atom is 0.357 e. The van der Waals surface area contributed by atoms with E-state index in [2.05, 4.69) is 10.3 Å². The molecule has 11 heteroatoms. The molecule has 0 spiro atoms. The number of anilines is 1. The molecule has 0 heterocycles. The fraction of sp³-hybridized carbons (Fsp3) is 0.263. The summed E-state index contributed by atoms with van der Waals surface area (Å²) in [7, 11) is 0. The van der Waals surface area contributed by atoms with Gasteiger partial charge in [-0.15, -0.1) is 0 Å². The Morgan fingerprint density at radius 2 is 1.67 bits per heavy atom. The van der Waals surface area contributed by atoms with Gasteiger partial charge in [-0.05, 0) is 62.0 Å². The molecule has 0 aromatic heterocycles. The quantitative estimate of drug-likeness (QED) is 0.202. The highest BCUT2D eigenvalue weighted by Gasteiger charge is 2.41. The predicted molar refractivity (Wildman–Crippen MR) is 111 cm³/mol. The Morgan fingerprint density at radius 1 is 1.10 bits per heavy atom. The maximum atomic E-state index is 13.1. The number of aliphatic imine (C=N–C) groups is 1. The molecule has 30 heavy (non-hydrogen) atoms. The van der Waals surface area contributed by atoms with E-state index in [0.717, 1.165) is 0 Å². The second-order valence-corrected chi connectivity index (χ2v) is 8.13. The van der Waals surface area contributed by atoms with E-state index in [1.165, 1.54) is 24.3 Å². The van der Waals surface area contributed by atoms with Gasteiger partial charge in [0.2, 0.25) is 5.90 Å². The van der Waals surface area contributed by atoms with Crippen molar-refractivity contribution >= 4 is 52.6 Å². The summed E-state index contributed by atoms with van der Waals surface area (Å²) in [6.45, 7) is 3.45. The summed E-state index contributed by atoms with van der Waals surface area (Å²) in [5.41, 5.74) is 0.452. The van der Waals surface area contributed by atoms with Crippen LogP contribution in [0.25, 0.3) is 0 Å². The molecule has 2 aromatic rings. The molecular formula is C19H16Cl2F4N2O2S. The monoisotopic (exact) mass is 482 g/mol. The molecule has 0 aliphatic heterocycles. The molecule has 162 valence electrons. The molecule has 0 saturated heterocycles. The SMILES string of the molecule is CC(C)OC(=NC(=O)Nc1ccc(SC(F)(F)C(F)F)cc1)c1c(Cl)cccc1Cl. The van der Waals surface area contributed by atoms with Crippen molar-refractivity contribution in [2.45, 2.75) is 36.5 Å². The van der Waals surface area contributed by atoms with E-state index >= 15 is 0 Å². The first-order valence-corrected chi connectivity index (χ1v) is 10.0. The Kier molecular flexibility index (Phi) is 8.40. The molecular weight excluding hydrogens is 467 g/mol. The first kappa shape index (κ1) is 24.3. The first-order chi connectivity index (χ1) is 14.0. The van der Waals surface area contributed by atoms with E-state index in [0.29, 0.717) is 0 Å². The highest BCUT2D eigenvalue weighted by atomic mass is 35.5. The normalized spacial score (nSPS) is 12.4. The van der Waals surface area contributed by atoms with Gasteiger partial charge in [-0.25, -0.2) is 13.6 Å². The summed E-state index contributed by atoms with van der Waals surface area (Å²) in [5.74, 6) is -0.0955. The number of ether oxygens (including phenoxy) is 1. The van der Waals surface area contributed by atoms with Crippen LogP contribution in [-0.4, -0.2) is 29.7 Å². The molecule has 0 bridgehead atoms. The largest absolute Gasteiger partial charge is 0.474 e. The van der Waals surface area contributed by atoms with E-state index in [-0.39, 0.29) is 50.0 Å². The minimum absolute atomic E-state index is 0.0894. The van der Waals surface area contributed by atoms with Crippen molar-refractivity contribution in [2.24, 2.45) is 4.99 Å². The van der Waals surface area contributed by atoms with Crippen LogP contribution in [0.4, 0.5) is 28.0 Å². The molecule has 2 rings (SSSR count). The Balaban J connectivity index is 2.19. The number of carbonyl (C=O) groups excluding carboxylic acids is 1. The van der Waals surface area contributed by atoms with E-state index in [4.69, 9.17) is 27.9 Å². The van der Waals surface area contributed by atoms with Crippen molar-refractivity contribution in [3.05, 3.63) is 58.1 Å². The Morgan fingerprint density at radius 3 is 2.17 bits per heavy atom. The molecule has 1 N–H and O–H groups in total. The zero-order valence-electron chi connectivity index (χ0n) is 15.6. The van der Waals surface area contributed by atoms with Gasteiger partial charge in [-0.1, -0.05) is 29.3 Å². The fourth-order valence-electron chi connectivity index (χ4n) is 2.12. The van der Waals surface area contributed by atoms with Gasteiger partial charge in [0.05, 0.1) is 21.7 Å². The van der Waals surface area contributed by atoms with Crippen LogP contribution >= 0.6 is 35.0 Å². The maximum absolute atomic E-state index is 13.1. The average Bonchev–Trinajstić information content (AvgIpc) is 2.62. The molecule has 2 amide bonds. The number of benzene rings is 2. The minimum atomic E-state index is -4.22. The number of hydrogen-bond donors (Lipinski definition) is 1. The molecule has 0 fully saturated rings. The molecule has 0 saturated carbocycles. The summed E-state index contributed by atoms with van der Waals surface area (Å²) in [6.07, 6.45) is -4.14. The van der Waals surface area contributed by atoms with Gasteiger partial charge in [0.15, 0.2) is 0 Å². The second-order valence-electron chi connectivity index (χ2n) is 6.10. The number of nitrogens with zero attached hydrogens (tertiary/aromatic N) is 1. The van der Waals surface area contributed by atoms with E-state index in [1.54, 1.807) is 32.0 Å². The van der Waals surface area contributed by atoms with Gasteiger partial charge in [0.1, 0.15) is 0 Å². The van der Waals surface area contributed by atoms with E-state index < -0.39 is 17.7 Å². The lowest BCUT2D eigenvalue weighted by molar-refractivity contribution is -0.0563. The number of halogens is 6. The number of alkyl halides is 4. The number of hydrogen-bond acceptors (Lipinski definition) is 3. The molecule has 0 radical (unpaired) electrons. The van der Waals surface area contributed by atoms with Crippen molar-refractivity contribution in [2.75, 3.05) is 5.32 Å². The highest BCUT2D eigenvalue weighted by Crippen LogP contribution is 2.40. The summed E-state index contributed by atoms with van der Waals surface area (Å²) in [4.78, 5) is 16.1. The number of nitrogens with one attached hydrogen (secondary N) is 1. The van der Waals surface area contributed by atoms with Crippen LogP contribution in [0.3, 0.4) is 0 Å². The third kappa shape index (κ3) is 6.78. The number of carbonyl (C=O) groups is 1. The van der Waals surface area contributed by atoms with Gasteiger partial charge in [-0.3, -0.25) is 0 Å². The van der Waals surface area contributed by atoms with Crippen molar-refractivity contribution in [3.8, 4) is 0 Å². The number of rotatable bonds is 6. The van der Waals surface area contributed by atoms with Gasteiger partial charge in [-0.2, -0.15) is 13.8 Å². The van der Waals surface area contributed by atoms with Crippen LogP contribution in [0.1, 0.15) is 19.4 Å². The smallest absolute Gasteiger partial charge is 0.357 e. The summed E-state index contributed by atoms with van der Waals surface area (Å²) < 4.78 is 56.3. The predicted octanol–water partition coefficient (Wildman–Crippen LogP) is 7.35. The van der Waals surface area contributed by atoms with Crippen molar-refractivity contribution in [3.63, 3.8) is 0 Å². The number of thioether (sulfide) groups is 1. The zero-order chi connectivity index (χ0) is 22.5. The van der Waals surface area contributed by atoms with Crippen LogP contribution < -0.4 is 5.32 Å². The third-order valence-corrected chi connectivity index (χ3v) is 4.93. The van der Waals surface area contributed by atoms with Gasteiger partial charge >= 0.3 is 17.7 Å². The Bertz CT molecular complexity index is 905. The van der Waals surface area contributed by atoms with Crippen LogP contribution in [0.15, 0.2) is 52.4 Å². The van der Waals surface area contributed by atoms with Crippen LogP contribution in [0, 0.1) is 0 Å². The standard InChI is InChI=1S/C19H16Cl2F4N2O2S/c1-10(2)29-16(15-13(20)4-3-5-14(15)21)27-18(28)26-11-6-8-12(9-7-11)30-19(24,25)17(22)23/h3-10,17H,1-2H3,(H,26,28). The molecule has 0 unspecified atom stereocenters. The van der Waals surface area contributed by atoms with Gasteiger partial charge in [0.25, 0.3) is 0 Å². The summed E-state index contributed by atoms with van der Waals surface area (Å²) in [5, 5.41) is -1.32. The third-order valence-electron chi connectivity index (χ3n) is 3.34. The lowest BCUT2D eigenvalue weighted by Crippen LogP contribution is -2.21. The second kappa shape index (κ2) is 10.4. The first-order valence-electron chi connectivity index (χ1n) is 8.45. The Labute approximate surface area is 184 Å².